The van der Waals surface area contributed by atoms with Gasteiger partial charge in [-0.15, -0.1) is 0 Å². The molecule has 0 atom stereocenters. The zero-order valence-corrected chi connectivity index (χ0v) is 8.73. The number of allylic oxidation sites excluding steroid dienone is 1. The highest BCUT2D eigenvalue weighted by atomic mass is 35.5. The number of benzene rings is 1. The molecule has 1 aromatic rings. The van der Waals surface area contributed by atoms with Crippen LogP contribution in [0.1, 0.15) is 36.5 Å². The van der Waals surface area contributed by atoms with Gasteiger partial charge >= 0.3 is 0 Å². The van der Waals surface area contributed by atoms with Gasteiger partial charge < -0.3 is 0 Å². The molecule has 2 rings (SSSR count). The smallest absolute Gasteiger partial charge is 0.0447 e. The second kappa shape index (κ2) is 3.19. The molecule has 0 heterocycles. The summed E-state index contributed by atoms with van der Waals surface area (Å²) in [6.07, 6.45) is 5.37. The summed E-state index contributed by atoms with van der Waals surface area (Å²) in [5, 5.41) is 0.907. The van der Waals surface area contributed by atoms with E-state index in [1.54, 1.807) is 0 Å². The van der Waals surface area contributed by atoms with Crippen LogP contribution < -0.4 is 0 Å². The van der Waals surface area contributed by atoms with Gasteiger partial charge in [0, 0.05) is 5.02 Å². The van der Waals surface area contributed by atoms with E-state index in [-0.39, 0.29) is 0 Å². The Hall–Kier alpha value is -0.750. The Morgan fingerprint density at radius 2 is 2.08 bits per heavy atom. The summed E-state index contributed by atoms with van der Waals surface area (Å²) in [5.74, 6) is 0.578. The normalized spacial score (nSPS) is 13.8. The van der Waals surface area contributed by atoms with Crippen LogP contribution in [0.4, 0.5) is 0 Å². The van der Waals surface area contributed by atoms with Crippen molar-refractivity contribution in [2.75, 3.05) is 0 Å². The van der Waals surface area contributed by atoms with E-state index in [1.807, 2.05) is 6.07 Å². The van der Waals surface area contributed by atoms with Crippen molar-refractivity contribution in [3.63, 3.8) is 0 Å². The van der Waals surface area contributed by atoms with Crippen LogP contribution in [-0.4, -0.2) is 0 Å². The summed E-state index contributed by atoms with van der Waals surface area (Å²) < 4.78 is 0. The SMILES string of the molecule is CC(C)c1ccc(Cl)c2c1C=CC2. The summed E-state index contributed by atoms with van der Waals surface area (Å²) in [7, 11) is 0. The Morgan fingerprint density at radius 3 is 2.77 bits per heavy atom. The fourth-order valence-corrected chi connectivity index (χ4v) is 2.10. The first-order chi connectivity index (χ1) is 6.20. The van der Waals surface area contributed by atoms with E-state index < -0.39 is 0 Å². The van der Waals surface area contributed by atoms with Gasteiger partial charge in [0.15, 0.2) is 0 Å². The minimum Gasteiger partial charge on any atom is -0.0840 e. The van der Waals surface area contributed by atoms with Crippen molar-refractivity contribution in [1.82, 2.24) is 0 Å². The third kappa shape index (κ3) is 1.40. The molecule has 1 aliphatic carbocycles. The average molecular weight is 193 g/mol. The summed E-state index contributed by atoms with van der Waals surface area (Å²) >= 11 is 6.11. The Bertz CT molecular complexity index is 362. The molecule has 0 saturated carbocycles. The van der Waals surface area contributed by atoms with Crippen LogP contribution in [-0.2, 0) is 6.42 Å². The molecule has 68 valence electrons. The van der Waals surface area contributed by atoms with Crippen molar-refractivity contribution in [3.05, 3.63) is 39.9 Å². The van der Waals surface area contributed by atoms with Gasteiger partial charge in [0.2, 0.25) is 0 Å². The molecule has 0 spiro atoms. The molecular formula is C12H13Cl. The molecular weight excluding hydrogens is 180 g/mol. The van der Waals surface area contributed by atoms with E-state index in [9.17, 15) is 0 Å². The Morgan fingerprint density at radius 1 is 1.31 bits per heavy atom. The predicted molar refractivity (Wildman–Crippen MR) is 58.3 cm³/mol. The fraction of sp³-hybridized carbons (Fsp3) is 0.333. The van der Waals surface area contributed by atoms with Crippen molar-refractivity contribution in [2.24, 2.45) is 0 Å². The molecule has 0 saturated heterocycles. The van der Waals surface area contributed by atoms with Crippen LogP contribution in [0.25, 0.3) is 6.08 Å². The van der Waals surface area contributed by atoms with Crippen LogP contribution in [0.2, 0.25) is 5.02 Å². The number of fused-ring (bicyclic) bond motifs is 1. The summed E-state index contributed by atoms with van der Waals surface area (Å²) in [6.45, 7) is 4.44. The first-order valence-electron chi connectivity index (χ1n) is 4.68. The van der Waals surface area contributed by atoms with Crippen molar-refractivity contribution in [1.29, 1.82) is 0 Å². The molecule has 1 heteroatoms. The summed E-state index contributed by atoms with van der Waals surface area (Å²) in [4.78, 5) is 0. The molecule has 0 fully saturated rings. The second-order valence-electron chi connectivity index (χ2n) is 3.79. The van der Waals surface area contributed by atoms with Crippen LogP contribution >= 0.6 is 11.6 Å². The van der Waals surface area contributed by atoms with Crippen molar-refractivity contribution < 1.29 is 0 Å². The van der Waals surface area contributed by atoms with Crippen LogP contribution in [0, 0.1) is 0 Å². The number of rotatable bonds is 1. The van der Waals surface area contributed by atoms with E-state index in [0.29, 0.717) is 5.92 Å². The molecule has 13 heavy (non-hydrogen) atoms. The number of halogens is 1. The molecule has 0 aromatic heterocycles. The second-order valence-corrected chi connectivity index (χ2v) is 4.20. The molecule has 0 N–H and O–H groups in total. The van der Waals surface area contributed by atoms with Gasteiger partial charge in [0.25, 0.3) is 0 Å². The van der Waals surface area contributed by atoms with Gasteiger partial charge in [-0.1, -0.05) is 43.7 Å². The lowest BCUT2D eigenvalue weighted by molar-refractivity contribution is 0.862. The number of hydrogen-bond donors (Lipinski definition) is 0. The third-order valence-corrected chi connectivity index (χ3v) is 2.92. The van der Waals surface area contributed by atoms with E-state index in [2.05, 4.69) is 32.1 Å². The van der Waals surface area contributed by atoms with Gasteiger partial charge in [-0.05, 0) is 35.1 Å². The lowest BCUT2D eigenvalue weighted by Crippen LogP contribution is -1.94. The minimum atomic E-state index is 0.578. The topological polar surface area (TPSA) is 0 Å². The molecule has 1 aromatic carbocycles. The van der Waals surface area contributed by atoms with E-state index in [0.717, 1.165) is 11.4 Å². The highest BCUT2D eigenvalue weighted by molar-refractivity contribution is 6.31. The molecule has 0 bridgehead atoms. The maximum absolute atomic E-state index is 6.11. The van der Waals surface area contributed by atoms with Gasteiger partial charge in [-0.25, -0.2) is 0 Å². The van der Waals surface area contributed by atoms with Gasteiger partial charge in [0.1, 0.15) is 0 Å². The van der Waals surface area contributed by atoms with Crippen molar-refractivity contribution >= 4 is 17.7 Å². The molecule has 0 aliphatic heterocycles. The summed E-state index contributed by atoms with van der Waals surface area (Å²) in [6, 6.07) is 4.16. The van der Waals surface area contributed by atoms with Crippen molar-refractivity contribution in [3.8, 4) is 0 Å². The van der Waals surface area contributed by atoms with Crippen LogP contribution in [0.5, 0.6) is 0 Å². The monoisotopic (exact) mass is 192 g/mol. The molecule has 1 aliphatic rings. The van der Waals surface area contributed by atoms with Crippen LogP contribution in [0.15, 0.2) is 18.2 Å². The number of hydrogen-bond acceptors (Lipinski definition) is 0. The Kier molecular flexibility index (Phi) is 2.17. The molecule has 0 unspecified atom stereocenters. The highest BCUT2D eigenvalue weighted by Gasteiger charge is 2.14. The average Bonchev–Trinajstić information content (AvgIpc) is 2.53. The molecule has 0 amide bonds. The fourth-order valence-electron chi connectivity index (χ4n) is 1.86. The maximum atomic E-state index is 6.11. The van der Waals surface area contributed by atoms with E-state index in [1.165, 1.54) is 16.7 Å². The van der Waals surface area contributed by atoms with Gasteiger partial charge in [0.05, 0.1) is 0 Å². The first-order valence-corrected chi connectivity index (χ1v) is 5.05. The highest BCUT2D eigenvalue weighted by Crippen LogP contribution is 2.33. The van der Waals surface area contributed by atoms with Crippen LogP contribution in [0.3, 0.4) is 0 Å². The van der Waals surface area contributed by atoms with E-state index >= 15 is 0 Å². The van der Waals surface area contributed by atoms with E-state index in [4.69, 9.17) is 11.6 Å². The standard InChI is InChI=1S/C12H13Cl/c1-8(2)9-6-7-12(13)11-5-3-4-10(9)11/h3-4,6-8H,5H2,1-2H3. The van der Waals surface area contributed by atoms with Crippen molar-refractivity contribution in [2.45, 2.75) is 26.2 Å². The summed E-state index contributed by atoms with van der Waals surface area (Å²) in [5.41, 5.74) is 4.06. The maximum Gasteiger partial charge on any atom is 0.0447 e. The zero-order valence-electron chi connectivity index (χ0n) is 7.97. The third-order valence-electron chi connectivity index (χ3n) is 2.56. The Balaban J connectivity index is 2.61. The zero-order chi connectivity index (χ0) is 9.42. The van der Waals surface area contributed by atoms with Gasteiger partial charge in [-0.3, -0.25) is 0 Å². The molecule has 0 radical (unpaired) electrons. The lowest BCUT2D eigenvalue weighted by Gasteiger charge is -2.12. The Labute approximate surface area is 84.2 Å². The lowest BCUT2D eigenvalue weighted by atomic mass is 9.95. The first kappa shape index (κ1) is 8.83. The largest absolute Gasteiger partial charge is 0.0840 e. The predicted octanol–water partition coefficient (Wildman–Crippen LogP) is 4.03. The molecule has 0 nitrogen and oxygen atoms in total. The quantitative estimate of drug-likeness (QED) is 0.630. The minimum absolute atomic E-state index is 0.578. The van der Waals surface area contributed by atoms with Gasteiger partial charge in [-0.2, -0.15) is 0 Å².